The van der Waals surface area contributed by atoms with Gasteiger partial charge in [0.25, 0.3) is 0 Å². The molecule has 4 nitrogen and oxygen atoms in total. The van der Waals surface area contributed by atoms with E-state index in [-0.39, 0.29) is 23.2 Å². The average molecular weight is 212 g/mol. The van der Waals surface area contributed by atoms with Crippen molar-refractivity contribution in [1.29, 1.82) is 0 Å². The lowest BCUT2D eigenvalue weighted by atomic mass is 10.1. The molecule has 0 aliphatic heterocycles. The molecule has 0 N–H and O–H groups in total. The maximum Gasteiger partial charge on any atom is 0.330 e. The van der Waals surface area contributed by atoms with Gasteiger partial charge in [0, 0.05) is 6.08 Å². The summed E-state index contributed by atoms with van der Waals surface area (Å²) in [6, 6.07) is 0. The minimum absolute atomic E-state index is 0.0593. The highest BCUT2D eigenvalue weighted by Gasteiger charge is 2.61. The first-order valence-corrected chi connectivity index (χ1v) is 4.79. The van der Waals surface area contributed by atoms with Gasteiger partial charge in [-0.2, -0.15) is 0 Å². The minimum Gasteiger partial charge on any atom is -0.469 e. The molecule has 0 heterocycles. The van der Waals surface area contributed by atoms with E-state index >= 15 is 0 Å². The van der Waals surface area contributed by atoms with Crippen LogP contribution in [0.15, 0.2) is 12.2 Å². The molecule has 0 radical (unpaired) electrons. The summed E-state index contributed by atoms with van der Waals surface area (Å²) in [5, 5.41) is 0. The molecule has 1 rings (SSSR count). The van der Waals surface area contributed by atoms with Crippen LogP contribution in [-0.2, 0) is 19.1 Å². The summed E-state index contributed by atoms with van der Waals surface area (Å²) in [5.74, 6) is -0.715. The topological polar surface area (TPSA) is 52.6 Å². The number of carbonyl (C=O) groups is 2. The molecule has 4 heteroatoms. The number of rotatable bonds is 3. The molecule has 0 spiro atoms. The Morgan fingerprint density at radius 2 is 1.80 bits per heavy atom. The summed E-state index contributed by atoms with van der Waals surface area (Å²) in [6.45, 7) is 3.95. The maximum atomic E-state index is 11.3. The average Bonchev–Trinajstić information content (AvgIpc) is 2.75. The van der Waals surface area contributed by atoms with Crippen LogP contribution in [0.25, 0.3) is 0 Å². The third-order valence-corrected chi connectivity index (χ3v) is 3.01. The van der Waals surface area contributed by atoms with Gasteiger partial charge >= 0.3 is 11.9 Å². The van der Waals surface area contributed by atoms with E-state index in [0.717, 1.165) is 0 Å². The van der Waals surface area contributed by atoms with E-state index in [1.165, 1.54) is 20.3 Å². The summed E-state index contributed by atoms with van der Waals surface area (Å²) in [4.78, 5) is 22.2. The predicted molar refractivity (Wildman–Crippen MR) is 53.9 cm³/mol. The van der Waals surface area contributed by atoms with E-state index in [0.29, 0.717) is 0 Å². The molecule has 1 saturated carbocycles. The zero-order valence-corrected chi connectivity index (χ0v) is 9.44. The van der Waals surface area contributed by atoms with Gasteiger partial charge in [-0.25, -0.2) is 4.79 Å². The second-order valence-corrected chi connectivity index (χ2v) is 4.23. The molecule has 2 atom stereocenters. The van der Waals surface area contributed by atoms with Crippen molar-refractivity contribution in [1.82, 2.24) is 0 Å². The molecule has 84 valence electrons. The van der Waals surface area contributed by atoms with Gasteiger partial charge in [0.1, 0.15) is 0 Å². The number of hydrogen-bond acceptors (Lipinski definition) is 4. The van der Waals surface area contributed by atoms with Crippen LogP contribution in [0.3, 0.4) is 0 Å². The molecule has 0 aromatic carbocycles. The molecule has 0 aromatic heterocycles. The quantitative estimate of drug-likeness (QED) is 0.520. The predicted octanol–water partition coefficient (Wildman–Crippen LogP) is 1.16. The van der Waals surface area contributed by atoms with Gasteiger partial charge in [-0.05, 0) is 11.3 Å². The van der Waals surface area contributed by atoms with Crippen LogP contribution in [0.1, 0.15) is 13.8 Å². The Hall–Kier alpha value is -1.32. The number of carbonyl (C=O) groups excluding carboxylic acids is 2. The molecule has 15 heavy (non-hydrogen) atoms. The highest BCUT2D eigenvalue weighted by molar-refractivity contribution is 5.83. The first-order valence-electron chi connectivity index (χ1n) is 4.79. The zero-order chi connectivity index (χ0) is 11.6. The third kappa shape index (κ3) is 2.19. The van der Waals surface area contributed by atoms with E-state index in [1.54, 1.807) is 6.08 Å². The fourth-order valence-corrected chi connectivity index (χ4v) is 1.86. The number of hydrogen-bond donors (Lipinski definition) is 0. The highest BCUT2D eigenvalue weighted by Crippen LogP contribution is 2.59. The second kappa shape index (κ2) is 4.04. The van der Waals surface area contributed by atoms with Gasteiger partial charge in [-0.15, -0.1) is 0 Å². The number of ether oxygens (including phenoxy) is 2. The molecule has 0 saturated heterocycles. The molecular formula is C11H16O4. The van der Waals surface area contributed by atoms with E-state index < -0.39 is 5.97 Å². The van der Waals surface area contributed by atoms with Crippen molar-refractivity contribution in [2.45, 2.75) is 13.8 Å². The standard InChI is InChI=1S/C11H16O4/c1-11(2)7(5-6-8(12)14-3)9(11)10(13)15-4/h5-7,9H,1-4H3/t7-,9+/m1/s1. The third-order valence-electron chi connectivity index (χ3n) is 3.01. The van der Waals surface area contributed by atoms with Crippen LogP contribution < -0.4 is 0 Å². The lowest BCUT2D eigenvalue weighted by Gasteiger charge is -1.98. The van der Waals surface area contributed by atoms with E-state index in [4.69, 9.17) is 0 Å². The van der Waals surface area contributed by atoms with Gasteiger partial charge in [0.2, 0.25) is 0 Å². The van der Waals surface area contributed by atoms with Crippen molar-refractivity contribution in [3.63, 3.8) is 0 Å². The van der Waals surface area contributed by atoms with Crippen molar-refractivity contribution < 1.29 is 19.1 Å². The molecule has 1 aliphatic carbocycles. The number of methoxy groups -OCH3 is 2. The van der Waals surface area contributed by atoms with Crippen LogP contribution in [-0.4, -0.2) is 26.2 Å². The number of allylic oxidation sites excluding steroid dienone is 1. The first-order chi connectivity index (χ1) is 6.95. The van der Waals surface area contributed by atoms with Crippen molar-refractivity contribution in [2.24, 2.45) is 17.3 Å². The molecule has 0 amide bonds. The fourth-order valence-electron chi connectivity index (χ4n) is 1.86. The molecule has 0 unspecified atom stereocenters. The Morgan fingerprint density at radius 3 is 2.27 bits per heavy atom. The molecule has 0 aromatic rings. The molecular weight excluding hydrogens is 196 g/mol. The Kier molecular flexibility index (Phi) is 3.17. The second-order valence-electron chi connectivity index (χ2n) is 4.23. The molecule has 1 aliphatic rings. The van der Waals surface area contributed by atoms with Crippen LogP contribution in [0.4, 0.5) is 0 Å². The zero-order valence-electron chi connectivity index (χ0n) is 9.44. The van der Waals surface area contributed by atoms with Gasteiger partial charge in [-0.3, -0.25) is 4.79 Å². The summed E-state index contributed by atoms with van der Waals surface area (Å²) in [5.41, 5.74) is -0.127. The maximum absolute atomic E-state index is 11.3. The lowest BCUT2D eigenvalue weighted by molar-refractivity contribution is -0.143. The van der Waals surface area contributed by atoms with E-state index in [1.807, 2.05) is 13.8 Å². The summed E-state index contributed by atoms with van der Waals surface area (Å²) < 4.78 is 9.16. The Labute approximate surface area is 89.2 Å². The van der Waals surface area contributed by atoms with Crippen LogP contribution in [0, 0.1) is 17.3 Å². The van der Waals surface area contributed by atoms with Crippen LogP contribution in [0.2, 0.25) is 0 Å². The van der Waals surface area contributed by atoms with Gasteiger partial charge in [0.15, 0.2) is 0 Å². The van der Waals surface area contributed by atoms with Crippen LogP contribution >= 0.6 is 0 Å². The highest BCUT2D eigenvalue weighted by atomic mass is 16.5. The lowest BCUT2D eigenvalue weighted by Crippen LogP contribution is -2.07. The SMILES string of the molecule is COC(=O)C=C[C@@H]1[C@@H](C(=O)OC)C1(C)C. The first kappa shape index (κ1) is 11.8. The van der Waals surface area contributed by atoms with Crippen LogP contribution in [0.5, 0.6) is 0 Å². The van der Waals surface area contributed by atoms with Gasteiger partial charge in [0.05, 0.1) is 20.1 Å². The Bertz CT molecular complexity index is 304. The van der Waals surface area contributed by atoms with Crippen molar-refractivity contribution in [3.8, 4) is 0 Å². The Balaban J connectivity index is 2.63. The smallest absolute Gasteiger partial charge is 0.330 e. The largest absolute Gasteiger partial charge is 0.469 e. The van der Waals surface area contributed by atoms with Crippen molar-refractivity contribution >= 4 is 11.9 Å². The fraction of sp³-hybridized carbons (Fsp3) is 0.636. The summed E-state index contributed by atoms with van der Waals surface area (Å²) in [6.07, 6.45) is 3.07. The van der Waals surface area contributed by atoms with Gasteiger partial charge in [-0.1, -0.05) is 19.9 Å². The van der Waals surface area contributed by atoms with Gasteiger partial charge < -0.3 is 9.47 Å². The normalized spacial score (nSPS) is 27.5. The van der Waals surface area contributed by atoms with E-state index in [2.05, 4.69) is 9.47 Å². The minimum atomic E-state index is -0.402. The molecule has 0 bridgehead atoms. The monoisotopic (exact) mass is 212 g/mol. The molecule has 1 fully saturated rings. The summed E-state index contributed by atoms with van der Waals surface area (Å²) in [7, 11) is 2.69. The van der Waals surface area contributed by atoms with Crippen molar-refractivity contribution in [3.05, 3.63) is 12.2 Å². The van der Waals surface area contributed by atoms with Crippen molar-refractivity contribution in [2.75, 3.05) is 14.2 Å². The summed E-state index contributed by atoms with van der Waals surface area (Å²) >= 11 is 0. The van der Waals surface area contributed by atoms with E-state index in [9.17, 15) is 9.59 Å². The number of esters is 2. The Morgan fingerprint density at radius 1 is 1.20 bits per heavy atom.